The lowest BCUT2D eigenvalue weighted by Gasteiger charge is -2.31. The standard InChI is InChI=1S/C15H24N2O/c1-12-8-6-7-9-13(12)15(2,3)14(18)17(5)11-10-16-4/h6-9,16H,10-11H2,1-5H3. The first-order chi connectivity index (χ1) is 8.41. The fraction of sp³-hybridized carbons (Fsp3) is 0.533. The van der Waals surface area contributed by atoms with Gasteiger partial charge in [0, 0.05) is 20.1 Å². The first-order valence-electron chi connectivity index (χ1n) is 6.37. The molecule has 0 aromatic heterocycles. The lowest BCUT2D eigenvalue weighted by atomic mass is 9.81. The van der Waals surface area contributed by atoms with Crippen molar-refractivity contribution in [2.45, 2.75) is 26.2 Å². The van der Waals surface area contributed by atoms with Crippen molar-refractivity contribution in [1.29, 1.82) is 0 Å². The van der Waals surface area contributed by atoms with E-state index in [1.807, 2.05) is 46.1 Å². The molecule has 3 heteroatoms. The van der Waals surface area contributed by atoms with Crippen LogP contribution in [-0.2, 0) is 10.2 Å². The fourth-order valence-corrected chi connectivity index (χ4v) is 2.25. The van der Waals surface area contributed by atoms with E-state index >= 15 is 0 Å². The predicted octanol–water partition coefficient (Wildman–Crippen LogP) is 1.95. The first-order valence-corrected chi connectivity index (χ1v) is 6.37. The number of carbonyl (C=O) groups excluding carboxylic acids is 1. The van der Waals surface area contributed by atoms with Crippen molar-refractivity contribution in [1.82, 2.24) is 10.2 Å². The number of nitrogens with zero attached hydrogens (tertiary/aromatic N) is 1. The largest absolute Gasteiger partial charge is 0.344 e. The number of likely N-dealkylation sites (N-methyl/N-ethyl adjacent to an activating group) is 2. The minimum absolute atomic E-state index is 0.159. The van der Waals surface area contributed by atoms with E-state index in [1.165, 1.54) is 0 Å². The Morgan fingerprint density at radius 1 is 1.33 bits per heavy atom. The summed E-state index contributed by atoms with van der Waals surface area (Å²) in [4.78, 5) is 14.3. The van der Waals surface area contributed by atoms with Crippen molar-refractivity contribution in [2.24, 2.45) is 0 Å². The Morgan fingerprint density at radius 3 is 2.50 bits per heavy atom. The Morgan fingerprint density at radius 2 is 1.94 bits per heavy atom. The number of rotatable bonds is 5. The number of hydrogen-bond acceptors (Lipinski definition) is 2. The van der Waals surface area contributed by atoms with E-state index in [0.29, 0.717) is 0 Å². The summed E-state index contributed by atoms with van der Waals surface area (Å²) in [5.41, 5.74) is 1.79. The van der Waals surface area contributed by atoms with Crippen LogP contribution in [0.1, 0.15) is 25.0 Å². The number of benzene rings is 1. The molecule has 0 atom stereocenters. The van der Waals surface area contributed by atoms with E-state index in [4.69, 9.17) is 0 Å². The second kappa shape index (κ2) is 6.01. The monoisotopic (exact) mass is 248 g/mol. The molecule has 0 saturated heterocycles. The van der Waals surface area contributed by atoms with Gasteiger partial charge in [-0.05, 0) is 38.9 Å². The number of carbonyl (C=O) groups is 1. The van der Waals surface area contributed by atoms with Gasteiger partial charge < -0.3 is 10.2 Å². The van der Waals surface area contributed by atoms with Gasteiger partial charge in [-0.15, -0.1) is 0 Å². The van der Waals surface area contributed by atoms with Crippen LogP contribution in [0.15, 0.2) is 24.3 Å². The molecule has 0 heterocycles. The summed E-state index contributed by atoms with van der Waals surface area (Å²) in [6, 6.07) is 8.09. The molecule has 1 aromatic carbocycles. The molecule has 0 saturated carbocycles. The van der Waals surface area contributed by atoms with Crippen LogP contribution in [0.4, 0.5) is 0 Å². The molecule has 0 aliphatic rings. The van der Waals surface area contributed by atoms with Gasteiger partial charge in [0.05, 0.1) is 5.41 Å². The summed E-state index contributed by atoms with van der Waals surface area (Å²) in [6.07, 6.45) is 0. The molecule has 0 spiro atoms. The lowest BCUT2D eigenvalue weighted by molar-refractivity contribution is -0.134. The fourth-order valence-electron chi connectivity index (χ4n) is 2.25. The molecule has 1 amide bonds. The van der Waals surface area contributed by atoms with E-state index in [9.17, 15) is 4.79 Å². The van der Waals surface area contributed by atoms with Crippen LogP contribution in [0.2, 0.25) is 0 Å². The van der Waals surface area contributed by atoms with Gasteiger partial charge in [-0.3, -0.25) is 4.79 Å². The van der Waals surface area contributed by atoms with E-state index in [0.717, 1.165) is 24.2 Å². The van der Waals surface area contributed by atoms with Gasteiger partial charge in [-0.1, -0.05) is 24.3 Å². The summed E-state index contributed by atoms with van der Waals surface area (Å²) < 4.78 is 0. The Hall–Kier alpha value is -1.35. The molecule has 1 rings (SSSR count). The molecule has 100 valence electrons. The van der Waals surface area contributed by atoms with Crippen LogP contribution in [0.25, 0.3) is 0 Å². The highest BCUT2D eigenvalue weighted by atomic mass is 16.2. The van der Waals surface area contributed by atoms with Gasteiger partial charge in [0.15, 0.2) is 0 Å². The summed E-state index contributed by atoms with van der Waals surface area (Å²) >= 11 is 0. The summed E-state index contributed by atoms with van der Waals surface area (Å²) in [7, 11) is 3.75. The van der Waals surface area contributed by atoms with Gasteiger partial charge in [0.25, 0.3) is 0 Å². The predicted molar refractivity (Wildman–Crippen MR) is 75.8 cm³/mol. The third-order valence-electron chi connectivity index (χ3n) is 3.40. The highest BCUT2D eigenvalue weighted by Crippen LogP contribution is 2.27. The van der Waals surface area contributed by atoms with E-state index in [1.54, 1.807) is 4.90 Å². The van der Waals surface area contributed by atoms with Crippen LogP contribution in [0, 0.1) is 6.92 Å². The van der Waals surface area contributed by atoms with E-state index < -0.39 is 5.41 Å². The van der Waals surface area contributed by atoms with Gasteiger partial charge in [-0.25, -0.2) is 0 Å². The van der Waals surface area contributed by atoms with Crippen LogP contribution < -0.4 is 5.32 Å². The van der Waals surface area contributed by atoms with Gasteiger partial charge in [-0.2, -0.15) is 0 Å². The van der Waals surface area contributed by atoms with Gasteiger partial charge in [0.2, 0.25) is 5.91 Å². The summed E-state index contributed by atoms with van der Waals surface area (Å²) in [5, 5.41) is 3.06. The molecule has 18 heavy (non-hydrogen) atoms. The third-order valence-corrected chi connectivity index (χ3v) is 3.40. The first kappa shape index (κ1) is 14.7. The maximum Gasteiger partial charge on any atom is 0.232 e. The van der Waals surface area contributed by atoms with Crippen molar-refractivity contribution in [3.63, 3.8) is 0 Å². The molecule has 3 nitrogen and oxygen atoms in total. The highest BCUT2D eigenvalue weighted by Gasteiger charge is 2.33. The summed E-state index contributed by atoms with van der Waals surface area (Å²) in [6.45, 7) is 7.58. The zero-order valence-corrected chi connectivity index (χ0v) is 12.1. The normalized spacial score (nSPS) is 11.4. The Kier molecular flexibility index (Phi) is 4.91. The topological polar surface area (TPSA) is 32.3 Å². The number of nitrogens with one attached hydrogen (secondary N) is 1. The lowest BCUT2D eigenvalue weighted by Crippen LogP contribution is -2.43. The maximum atomic E-state index is 12.5. The zero-order chi connectivity index (χ0) is 13.8. The highest BCUT2D eigenvalue weighted by molar-refractivity contribution is 5.87. The third kappa shape index (κ3) is 3.10. The van der Waals surface area contributed by atoms with E-state index in [2.05, 4.69) is 18.3 Å². The van der Waals surface area contributed by atoms with E-state index in [-0.39, 0.29) is 5.91 Å². The Labute approximate surface area is 110 Å². The smallest absolute Gasteiger partial charge is 0.232 e. The molecule has 0 aliphatic carbocycles. The minimum atomic E-state index is -0.478. The average molecular weight is 248 g/mol. The maximum absolute atomic E-state index is 12.5. The second-order valence-electron chi connectivity index (χ2n) is 5.27. The molecule has 0 aliphatic heterocycles. The SMILES string of the molecule is CNCCN(C)C(=O)C(C)(C)c1ccccc1C. The van der Waals surface area contributed by atoms with Gasteiger partial charge in [0.1, 0.15) is 0 Å². The molecule has 0 radical (unpaired) electrons. The second-order valence-corrected chi connectivity index (χ2v) is 5.27. The average Bonchev–Trinajstić information content (AvgIpc) is 2.35. The number of amides is 1. The molecular formula is C15H24N2O. The molecule has 0 unspecified atom stereocenters. The van der Waals surface area contributed by atoms with Crippen LogP contribution in [0.5, 0.6) is 0 Å². The van der Waals surface area contributed by atoms with Crippen LogP contribution in [0.3, 0.4) is 0 Å². The van der Waals surface area contributed by atoms with Crippen molar-refractivity contribution in [2.75, 3.05) is 27.2 Å². The van der Waals surface area contributed by atoms with Crippen molar-refractivity contribution in [3.05, 3.63) is 35.4 Å². The quantitative estimate of drug-likeness (QED) is 0.864. The number of aryl methyl sites for hydroxylation is 1. The number of hydrogen-bond donors (Lipinski definition) is 1. The molecule has 1 N–H and O–H groups in total. The molecule has 0 fully saturated rings. The molecular weight excluding hydrogens is 224 g/mol. The Bertz CT molecular complexity index is 413. The van der Waals surface area contributed by atoms with Crippen LogP contribution in [-0.4, -0.2) is 38.0 Å². The van der Waals surface area contributed by atoms with Crippen molar-refractivity contribution >= 4 is 5.91 Å². The van der Waals surface area contributed by atoms with Crippen molar-refractivity contribution in [3.8, 4) is 0 Å². The molecule has 0 bridgehead atoms. The Balaban J connectivity index is 2.92. The van der Waals surface area contributed by atoms with Gasteiger partial charge >= 0.3 is 0 Å². The minimum Gasteiger partial charge on any atom is -0.344 e. The van der Waals surface area contributed by atoms with Crippen LogP contribution >= 0.6 is 0 Å². The van der Waals surface area contributed by atoms with Crippen molar-refractivity contribution < 1.29 is 4.79 Å². The summed E-state index contributed by atoms with van der Waals surface area (Å²) in [5.74, 6) is 0.159. The molecule has 1 aromatic rings. The zero-order valence-electron chi connectivity index (χ0n) is 12.1.